The second-order valence-electron chi connectivity index (χ2n) is 6.74. The number of carbonyl (C=O) groups is 1. The second kappa shape index (κ2) is 7.19. The van der Waals surface area contributed by atoms with E-state index in [9.17, 15) is 4.79 Å². The molecule has 0 bridgehead atoms. The van der Waals surface area contributed by atoms with Crippen LogP contribution < -0.4 is 4.90 Å². The van der Waals surface area contributed by atoms with E-state index < -0.39 is 0 Å². The number of anilines is 1. The van der Waals surface area contributed by atoms with Crippen LogP contribution in [0.3, 0.4) is 0 Å². The van der Waals surface area contributed by atoms with Gasteiger partial charge in [0.2, 0.25) is 0 Å². The molecular weight excluding hydrogens is 340 g/mol. The van der Waals surface area contributed by atoms with Gasteiger partial charge in [0, 0.05) is 44.1 Å². The van der Waals surface area contributed by atoms with Gasteiger partial charge in [-0.2, -0.15) is 0 Å². The highest BCUT2D eigenvalue weighted by Gasteiger charge is 2.23. The summed E-state index contributed by atoms with van der Waals surface area (Å²) >= 11 is 0. The maximum atomic E-state index is 12.6. The van der Waals surface area contributed by atoms with Crippen molar-refractivity contribution in [3.63, 3.8) is 0 Å². The van der Waals surface area contributed by atoms with Crippen molar-refractivity contribution in [2.45, 2.75) is 13.8 Å². The highest BCUT2D eigenvalue weighted by molar-refractivity contribution is 5.94. The predicted octanol–water partition coefficient (Wildman–Crippen LogP) is 2.24. The third kappa shape index (κ3) is 3.53. The monoisotopic (exact) mass is 362 g/mol. The quantitative estimate of drug-likeness (QED) is 0.715. The Hall–Kier alpha value is -3.22. The van der Waals surface area contributed by atoms with Crippen LogP contribution in [-0.4, -0.2) is 56.7 Å². The number of aromatic nitrogens is 4. The zero-order chi connectivity index (χ0) is 18.8. The molecule has 0 atom stereocenters. The Labute approximate surface area is 158 Å². The molecule has 0 unspecified atom stereocenters. The minimum atomic E-state index is 0.0895. The van der Waals surface area contributed by atoms with Gasteiger partial charge in [-0.3, -0.25) is 9.36 Å². The van der Waals surface area contributed by atoms with Crippen LogP contribution in [-0.2, 0) is 0 Å². The molecule has 0 aliphatic carbocycles. The fraction of sp³-hybridized carbons (Fsp3) is 0.300. The Bertz CT molecular complexity index is 924. The van der Waals surface area contributed by atoms with E-state index in [-0.39, 0.29) is 5.91 Å². The molecule has 1 aliphatic rings. The van der Waals surface area contributed by atoms with Crippen LogP contribution in [0.15, 0.2) is 48.8 Å². The van der Waals surface area contributed by atoms with Gasteiger partial charge in [-0.1, -0.05) is 17.7 Å². The second-order valence-corrected chi connectivity index (χ2v) is 6.74. The molecule has 27 heavy (non-hydrogen) atoms. The summed E-state index contributed by atoms with van der Waals surface area (Å²) in [6.45, 7) is 6.80. The van der Waals surface area contributed by atoms with E-state index in [1.807, 2.05) is 65.9 Å². The molecule has 1 amide bonds. The van der Waals surface area contributed by atoms with Gasteiger partial charge in [0.05, 0.1) is 0 Å². The van der Waals surface area contributed by atoms with Crippen LogP contribution in [0.4, 0.5) is 5.82 Å². The van der Waals surface area contributed by atoms with Gasteiger partial charge in [0.1, 0.15) is 5.82 Å². The number of rotatable bonds is 3. The lowest BCUT2D eigenvalue weighted by Gasteiger charge is -2.35. The molecule has 1 aliphatic heterocycles. The summed E-state index contributed by atoms with van der Waals surface area (Å²) in [5, 5.41) is 8.68. The number of imidazole rings is 1. The summed E-state index contributed by atoms with van der Waals surface area (Å²) in [5.41, 5.74) is 1.90. The Morgan fingerprint density at radius 3 is 2.15 bits per heavy atom. The smallest absolute Gasteiger partial charge is 0.253 e. The van der Waals surface area contributed by atoms with Gasteiger partial charge in [-0.15, -0.1) is 10.2 Å². The van der Waals surface area contributed by atoms with Crippen molar-refractivity contribution < 1.29 is 4.79 Å². The highest BCUT2D eigenvalue weighted by atomic mass is 16.2. The zero-order valence-electron chi connectivity index (χ0n) is 15.5. The van der Waals surface area contributed by atoms with Crippen molar-refractivity contribution in [2.75, 3.05) is 31.1 Å². The van der Waals surface area contributed by atoms with E-state index in [0.29, 0.717) is 13.1 Å². The minimum absolute atomic E-state index is 0.0895. The molecule has 4 rings (SSSR count). The first-order valence-electron chi connectivity index (χ1n) is 9.07. The number of hydrogen-bond acceptors (Lipinski definition) is 5. The fourth-order valence-corrected chi connectivity index (χ4v) is 3.25. The van der Waals surface area contributed by atoms with E-state index in [1.165, 1.54) is 0 Å². The zero-order valence-corrected chi connectivity index (χ0v) is 15.5. The molecule has 0 N–H and O–H groups in total. The van der Waals surface area contributed by atoms with E-state index in [2.05, 4.69) is 20.1 Å². The fourth-order valence-electron chi connectivity index (χ4n) is 3.25. The lowest BCUT2D eigenvalue weighted by Crippen LogP contribution is -2.49. The molecule has 2 aromatic heterocycles. The molecular formula is C20H22N6O. The van der Waals surface area contributed by atoms with Gasteiger partial charge < -0.3 is 9.80 Å². The molecule has 1 saturated heterocycles. The predicted molar refractivity (Wildman–Crippen MR) is 103 cm³/mol. The van der Waals surface area contributed by atoms with Gasteiger partial charge in [0.25, 0.3) is 5.91 Å². The Morgan fingerprint density at radius 2 is 1.56 bits per heavy atom. The van der Waals surface area contributed by atoms with Gasteiger partial charge in [0.15, 0.2) is 11.6 Å². The average molecular weight is 362 g/mol. The van der Waals surface area contributed by atoms with E-state index >= 15 is 0 Å². The molecule has 0 radical (unpaired) electrons. The van der Waals surface area contributed by atoms with Crippen LogP contribution in [0.1, 0.15) is 21.7 Å². The summed E-state index contributed by atoms with van der Waals surface area (Å²) < 4.78 is 1.90. The van der Waals surface area contributed by atoms with Crippen LogP contribution >= 0.6 is 0 Å². The highest BCUT2D eigenvalue weighted by Crippen LogP contribution is 2.16. The first kappa shape index (κ1) is 17.2. The number of benzene rings is 1. The van der Waals surface area contributed by atoms with E-state index in [4.69, 9.17) is 0 Å². The summed E-state index contributed by atoms with van der Waals surface area (Å²) in [6.07, 6.45) is 3.61. The molecule has 3 aromatic rings. The Kier molecular flexibility index (Phi) is 4.58. The van der Waals surface area contributed by atoms with Crippen LogP contribution in [0.2, 0.25) is 0 Å². The van der Waals surface area contributed by atoms with Crippen molar-refractivity contribution in [3.8, 4) is 5.82 Å². The summed E-state index contributed by atoms with van der Waals surface area (Å²) in [7, 11) is 0. The molecule has 7 nitrogen and oxygen atoms in total. The average Bonchev–Trinajstić information content (AvgIpc) is 3.14. The van der Waals surface area contributed by atoms with Crippen molar-refractivity contribution in [1.82, 2.24) is 24.6 Å². The molecule has 7 heteroatoms. The molecule has 1 aromatic carbocycles. The van der Waals surface area contributed by atoms with Gasteiger partial charge in [-0.05, 0) is 38.1 Å². The number of nitrogens with zero attached hydrogens (tertiary/aromatic N) is 6. The summed E-state index contributed by atoms with van der Waals surface area (Å²) in [6, 6.07) is 11.7. The first-order valence-corrected chi connectivity index (χ1v) is 9.07. The van der Waals surface area contributed by atoms with E-state index in [0.717, 1.165) is 41.7 Å². The molecule has 138 valence electrons. The summed E-state index contributed by atoms with van der Waals surface area (Å²) in [5.74, 6) is 2.55. The number of carbonyl (C=O) groups excluding carboxylic acids is 1. The van der Waals surface area contributed by atoms with Crippen LogP contribution in [0, 0.1) is 13.8 Å². The molecule has 3 heterocycles. The lowest BCUT2D eigenvalue weighted by atomic mass is 10.1. The SMILES string of the molecule is Cc1ccc(C(=O)N2CCN(c3ccc(-n4ccnc4C)nn3)CC2)cc1. The normalized spacial score (nSPS) is 14.4. The third-order valence-electron chi connectivity index (χ3n) is 4.90. The minimum Gasteiger partial charge on any atom is -0.352 e. The Balaban J connectivity index is 1.39. The van der Waals surface area contributed by atoms with Crippen LogP contribution in [0.5, 0.6) is 0 Å². The lowest BCUT2D eigenvalue weighted by molar-refractivity contribution is 0.0746. The van der Waals surface area contributed by atoms with E-state index in [1.54, 1.807) is 6.20 Å². The maximum Gasteiger partial charge on any atom is 0.253 e. The number of hydrogen-bond donors (Lipinski definition) is 0. The first-order chi connectivity index (χ1) is 13.1. The van der Waals surface area contributed by atoms with Crippen molar-refractivity contribution >= 4 is 11.7 Å². The Morgan fingerprint density at radius 1 is 0.889 bits per heavy atom. The molecule has 0 spiro atoms. The number of aryl methyl sites for hydroxylation is 2. The van der Waals surface area contributed by atoms with Crippen LogP contribution in [0.25, 0.3) is 5.82 Å². The third-order valence-corrected chi connectivity index (χ3v) is 4.90. The standard InChI is InChI=1S/C20H22N6O/c1-15-3-5-17(6-4-15)20(27)25-13-11-24(12-14-25)18-7-8-19(23-22-18)26-10-9-21-16(26)2/h3-10H,11-14H2,1-2H3. The summed E-state index contributed by atoms with van der Waals surface area (Å²) in [4.78, 5) is 20.9. The topological polar surface area (TPSA) is 67.2 Å². The number of amides is 1. The molecule has 1 fully saturated rings. The van der Waals surface area contributed by atoms with Gasteiger partial charge >= 0.3 is 0 Å². The largest absolute Gasteiger partial charge is 0.352 e. The van der Waals surface area contributed by atoms with Gasteiger partial charge in [-0.25, -0.2) is 4.98 Å². The van der Waals surface area contributed by atoms with Crippen molar-refractivity contribution in [2.24, 2.45) is 0 Å². The molecule has 0 saturated carbocycles. The van der Waals surface area contributed by atoms with Crippen molar-refractivity contribution in [1.29, 1.82) is 0 Å². The maximum absolute atomic E-state index is 12.6. The van der Waals surface area contributed by atoms with Crippen molar-refractivity contribution in [3.05, 3.63) is 65.7 Å². The number of piperazine rings is 1.